The monoisotopic (exact) mass is 450 g/mol. The Morgan fingerprint density at radius 2 is 2.06 bits per heavy atom. The molecule has 0 unspecified atom stereocenters. The van der Waals surface area contributed by atoms with Crippen LogP contribution in [0.4, 0.5) is 10.2 Å². The molecule has 1 atom stereocenters. The Kier molecular flexibility index (Phi) is 6.41. The van der Waals surface area contributed by atoms with Gasteiger partial charge in [0.1, 0.15) is 11.9 Å². The fourth-order valence-electron chi connectivity index (χ4n) is 3.90. The van der Waals surface area contributed by atoms with Crippen molar-refractivity contribution in [3.63, 3.8) is 0 Å². The topological polar surface area (TPSA) is 129 Å². The molecule has 172 valence electrons. The second-order valence-corrected chi connectivity index (χ2v) is 8.03. The summed E-state index contributed by atoms with van der Waals surface area (Å²) in [6.45, 7) is 2.91. The maximum atomic E-state index is 14.2. The quantitative estimate of drug-likeness (QED) is 0.455. The van der Waals surface area contributed by atoms with Crippen LogP contribution in [0.25, 0.3) is 5.70 Å². The first-order valence-electron chi connectivity index (χ1n) is 10.7. The van der Waals surface area contributed by atoms with Crippen LogP contribution in [0.15, 0.2) is 47.8 Å². The number of nitrogens with two attached hydrogens (primary N) is 1. The van der Waals surface area contributed by atoms with Crippen LogP contribution in [-0.4, -0.2) is 43.2 Å². The third kappa shape index (κ3) is 4.58. The van der Waals surface area contributed by atoms with Crippen molar-refractivity contribution in [3.8, 4) is 5.75 Å². The van der Waals surface area contributed by atoms with E-state index in [9.17, 15) is 4.39 Å². The zero-order chi connectivity index (χ0) is 23.5. The van der Waals surface area contributed by atoms with Crippen LogP contribution >= 0.6 is 0 Å². The number of rotatable bonds is 4. The second-order valence-electron chi connectivity index (χ2n) is 8.03. The van der Waals surface area contributed by atoms with Crippen LogP contribution in [0, 0.1) is 16.6 Å². The molecule has 0 aliphatic carbocycles. The van der Waals surface area contributed by atoms with E-state index in [2.05, 4.69) is 15.6 Å². The molecule has 3 heterocycles. The van der Waals surface area contributed by atoms with Gasteiger partial charge in [-0.25, -0.2) is 9.37 Å². The Morgan fingerprint density at radius 1 is 1.27 bits per heavy atom. The Hall–Kier alpha value is -3.72. The summed E-state index contributed by atoms with van der Waals surface area (Å²) in [6, 6.07) is 6.16. The number of nitrogens with zero attached hydrogens (tertiary/aromatic N) is 1. The van der Waals surface area contributed by atoms with Gasteiger partial charge in [0.15, 0.2) is 11.6 Å². The van der Waals surface area contributed by atoms with Gasteiger partial charge >= 0.3 is 0 Å². The van der Waals surface area contributed by atoms with E-state index in [0.717, 1.165) is 0 Å². The van der Waals surface area contributed by atoms with Crippen LogP contribution < -0.4 is 21.1 Å². The number of anilines is 1. The van der Waals surface area contributed by atoms with Crippen molar-refractivity contribution in [1.82, 2.24) is 15.6 Å². The van der Waals surface area contributed by atoms with E-state index in [1.165, 1.54) is 18.3 Å². The maximum Gasteiger partial charge on any atom is 0.166 e. The van der Waals surface area contributed by atoms with Crippen molar-refractivity contribution in [2.45, 2.75) is 25.5 Å². The molecule has 1 aromatic heterocycles. The minimum Gasteiger partial charge on any atom is -0.482 e. The van der Waals surface area contributed by atoms with Crippen LogP contribution in [0.2, 0.25) is 0 Å². The predicted molar refractivity (Wildman–Crippen MR) is 126 cm³/mol. The van der Waals surface area contributed by atoms with Crippen LogP contribution in [-0.2, 0) is 4.74 Å². The molecular formula is C24H27FN6O2. The highest BCUT2D eigenvalue weighted by atomic mass is 19.1. The van der Waals surface area contributed by atoms with E-state index < -0.39 is 11.9 Å². The highest BCUT2D eigenvalue weighted by Crippen LogP contribution is 2.34. The van der Waals surface area contributed by atoms with E-state index in [0.29, 0.717) is 58.9 Å². The average Bonchev–Trinajstić information content (AvgIpc) is 2.77. The Bertz CT molecular complexity index is 1160. The molecule has 0 spiro atoms. The number of nitrogens with one attached hydrogen (secondary N) is 4. The van der Waals surface area contributed by atoms with Crippen molar-refractivity contribution in [2.75, 3.05) is 26.0 Å². The van der Waals surface area contributed by atoms with Crippen LogP contribution in [0.5, 0.6) is 5.75 Å². The SMILES string of the molecule is CN/C=C1/C/C(C=N)=C(/NC2COC2)c2cnc(N)c(c2)O[C@H](C)c2cc(F)ccc2C1=N. The molecule has 2 bridgehead atoms. The van der Waals surface area contributed by atoms with Gasteiger partial charge in [-0.15, -0.1) is 0 Å². The average molecular weight is 451 g/mol. The summed E-state index contributed by atoms with van der Waals surface area (Å²) in [5.41, 5.74) is 10.1. The number of nitrogen functional groups attached to an aromatic ring is 1. The zero-order valence-electron chi connectivity index (χ0n) is 18.5. The van der Waals surface area contributed by atoms with E-state index in [-0.39, 0.29) is 17.6 Å². The largest absolute Gasteiger partial charge is 0.482 e. The molecular weight excluding hydrogens is 423 g/mol. The highest BCUT2D eigenvalue weighted by Gasteiger charge is 2.25. The third-order valence-corrected chi connectivity index (χ3v) is 5.70. The lowest BCUT2D eigenvalue weighted by Crippen LogP contribution is -2.45. The minimum absolute atomic E-state index is 0.101. The summed E-state index contributed by atoms with van der Waals surface area (Å²) < 4.78 is 25.6. The molecule has 2 aromatic rings. The van der Waals surface area contributed by atoms with Crippen molar-refractivity contribution >= 4 is 23.4 Å². The summed E-state index contributed by atoms with van der Waals surface area (Å²) in [7, 11) is 1.75. The molecule has 0 saturated carbocycles. The Balaban J connectivity index is 1.94. The minimum atomic E-state index is -0.590. The first kappa shape index (κ1) is 22.5. The molecule has 0 amide bonds. The molecule has 8 nitrogen and oxygen atoms in total. The second kappa shape index (κ2) is 9.41. The highest BCUT2D eigenvalue weighted by molar-refractivity contribution is 6.12. The van der Waals surface area contributed by atoms with E-state index >= 15 is 0 Å². The summed E-state index contributed by atoms with van der Waals surface area (Å²) in [4.78, 5) is 4.31. The Morgan fingerprint density at radius 3 is 2.73 bits per heavy atom. The number of fused-ring (bicyclic) bond motifs is 3. The lowest BCUT2D eigenvalue weighted by atomic mass is 9.90. The van der Waals surface area contributed by atoms with Crippen molar-refractivity contribution in [2.24, 2.45) is 0 Å². The molecule has 1 aromatic carbocycles. The fourth-order valence-corrected chi connectivity index (χ4v) is 3.90. The van der Waals surface area contributed by atoms with Gasteiger partial charge in [-0.05, 0) is 42.3 Å². The van der Waals surface area contributed by atoms with Crippen molar-refractivity contribution in [1.29, 1.82) is 10.8 Å². The lowest BCUT2D eigenvalue weighted by Gasteiger charge is -2.30. The first-order valence-corrected chi connectivity index (χ1v) is 10.7. The van der Waals surface area contributed by atoms with Gasteiger partial charge in [-0.1, -0.05) is 0 Å². The normalized spacial score (nSPS) is 22.3. The number of hydrogen-bond donors (Lipinski definition) is 5. The molecule has 2 aliphatic heterocycles. The summed E-state index contributed by atoms with van der Waals surface area (Å²) >= 11 is 0. The molecule has 33 heavy (non-hydrogen) atoms. The Labute approximate surface area is 191 Å². The fraction of sp³-hybridized carbons (Fsp3) is 0.292. The van der Waals surface area contributed by atoms with E-state index in [4.69, 9.17) is 26.0 Å². The van der Waals surface area contributed by atoms with Gasteiger partial charge in [0.2, 0.25) is 0 Å². The number of pyridine rings is 1. The molecule has 4 rings (SSSR count). The standard InChI is InChI=1S/C24H27FN6O2/c1-13-20-7-17(25)3-4-19(20)22(27)15(9-29-2)5-14(8-26)23(31-18-11-32-12-18)16-6-21(33-13)24(28)30-10-16/h3-4,6-10,13,18,26-27,29,31H,5,11-12H2,1-2H3,(H2,28,30)/b15-9-,23-14-,26-8?,27-22?/t13-/m1/s1. The smallest absolute Gasteiger partial charge is 0.166 e. The number of ether oxygens (including phenoxy) is 2. The molecule has 1 saturated heterocycles. The van der Waals surface area contributed by atoms with Crippen LogP contribution in [0.3, 0.4) is 0 Å². The maximum absolute atomic E-state index is 14.2. The summed E-state index contributed by atoms with van der Waals surface area (Å²) in [5, 5.41) is 23.5. The third-order valence-electron chi connectivity index (χ3n) is 5.70. The predicted octanol–water partition coefficient (Wildman–Crippen LogP) is 3.17. The first-order chi connectivity index (χ1) is 15.9. The van der Waals surface area contributed by atoms with Crippen molar-refractivity contribution in [3.05, 3.63) is 70.3 Å². The molecule has 2 aliphatic rings. The van der Waals surface area contributed by atoms with Gasteiger partial charge in [0, 0.05) is 54.5 Å². The number of allylic oxidation sites excluding steroid dienone is 2. The summed E-state index contributed by atoms with van der Waals surface area (Å²) in [6.07, 6.45) is 4.34. The molecule has 6 N–H and O–H groups in total. The van der Waals surface area contributed by atoms with E-state index in [1.807, 2.05) is 0 Å². The zero-order valence-corrected chi connectivity index (χ0v) is 18.5. The van der Waals surface area contributed by atoms with Gasteiger partial charge in [-0.2, -0.15) is 0 Å². The van der Waals surface area contributed by atoms with Crippen molar-refractivity contribution < 1.29 is 13.9 Å². The lowest BCUT2D eigenvalue weighted by molar-refractivity contribution is 0.00201. The van der Waals surface area contributed by atoms with Gasteiger partial charge in [0.05, 0.1) is 25.0 Å². The van der Waals surface area contributed by atoms with Gasteiger partial charge in [0.25, 0.3) is 0 Å². The number of halogens is 1. The number of benzene rings is 1. The summed E-state index contributed by atoms with van der Waals surface area (Å²) in [5.74, 6) is 0.133. The molecule has 9 heteroatoms. The molecule has 0 radical (unpaired) electrons. The van der Waals surface area contributed by atoms with E-state index in [1.54, 1.807) is 38.5 Å². The van der Waals surface area contributed by atoms with Crippen LogP contribution in [0.1, 0.15) is 36.1 Å². The van der Waals surface area contributed by atoms with Gasteiger partial charge in [-0.3, -0.25) is 5.41 Å². The number of hydrogen-bond acceptors (Lipinski definition) is 8. The van der Waals surface area contributed by atoms with Gasteiger partial charge < -0.3 is 31.3 Å². The molecule has 1 fully saturated rings. The number of aromatic nitrogens is 1.